The van der Waals surface area contributed by atoms with Crippen molar-refractivity contribution < 1.29 is 33.2 Å². The van der Waals surface area contributed by atoms with E-state index in [9.17, 15) is 0 Å². The highest BCUT2D eigenvalue weighted by molar-refractivity contribution is 6.17. The first-order valence-corrected chi connectivity index (χ1v) is 10.5. The maximum atomic E-state index is 5.62. The SMILES string of the molecule is COCCOCCOCCOCCOCCOCCOCCCCCCCl. The topological polar surface area (TPSA) is 64.6 Å². The Bertz CT molecular complexity index is 236. The maximum absolute atomic E-state index is 5.62. The molecule has 0 aliphatic heterocycles. The zero-order chi connectivity index (χ0) is 19.7. The quantitative estimate of drug-likeness (QED) is 0.177. The Labute approximate surface area is 169 Å². The summed E-state index contributed by atoms with van der Waals surface area (Å²) in [5.74, 6) is 0.753. The van der Waals surface area contributed by atoms with Gasteiger partial charge in [0.05, 0.1) is 79.3 Å². The lowest BCUT2D eigenvalue weighted by molar-refractivity contribution is -0.0191. The Hall–Kier alpha value is 0.01000. The number of ether oxygens (including phenoxy) is 7. The fourth-order valence-corrected chi connectivity index (χ4v) is 2.19. The van der Waals surface area contributed by atoms with Gasteiger partial charge in [-0.2, -0.15) is 0 Å². The Morgan fingerprint density at radius 1 is 0.407 bits per heavy atom. The molecule has 7 nitrogen and oxygen atoms in total. The van der Waals surface area contributed by atoms with Gasteiger partial charge in [0.25, 0.3) is 0 Å². The molecule has 0 rings (SSSR count). The number of hydrogen-bond acceptors (Lipinski definition) is 7. The van der Waals surface area contributed by atoms with Crippen LogP contribution in [0.3, 0.4) is 0 Å². The molecule has 0 aromatic carbocycles. The molecule has 0 aliphatic rings. The van der Waals surface area contributed by atoms with Crippen LogP contribution in [0.15, 0.2) is 0 Å². The minimum absolute atomic E-state index is 0.556. The zero-order valence-corrected chi connectivity index (χ0v) is 17.7. The van der Waals surface area contributed by atoms with Gasteiger partial charge in [-0.3, -0.25) is 0 Å². The standard InChI is InChI=1S/C19H39ClO7/c1-21-8-9-23-12-13-25-16-17-27-19-18-26-15-14-24-11-10-22-7-5-3-2-4-6-20/h2-19H2,1H3. The number of unbranched alkanes of at least 4 members (excludes halogenated alkanes) is 3. The second-order valence-electron chi connectivity index (χ2n) is 5.77. The summed E-state index contributed by atoms with van der Waals surface area (Å²) in [6.07, 6.45) is 4.54. The summed E-state index contributed by atoms with van der Waals surface area (Å²) in [5.41, 5.74) is 0. The Morgan fingerprint density at radius 2 is 0.741 bits per heavy atom. The highest BCUT2D eigenvalue weighted by Gasteiger charge is 1.94. The average Bonchev–Trinajstić information content (AvgIpc) is 2.68. The highest BCUT2D eigenvalue weighted by atomic mass is 35.5. The van der Waals surface area contributed by atoms with E-state index in [1.54, 1.807) is 7.11 Å². The molecule has 27 heavy (non-hydrogen) atoms. The van der Waals surface area contributed by atoms with Gasteiger partial charge in [0.15, 0.2) is 0 Å². The Balaban J connectivity index is 2.95. The molecular weight excluding hydrogens is 376 g/mol. The van der Waals surface area contributed by atoms with Gasteiger partial charge in [-0.1, -0.05) is 12.8 Å². The van der Waals surface area contributed by atoms with Gasteiger partial charge in [-0.25, -0.2) is 0 Å². The van der Waals surface area contributed by atoms with Crippen molar-refractivity contribution in [1.82, 2.24) is 0 Å². The van der Waals surface area contributed by atoms with E-state index >= 15 is 0 Å². The third-order valence-corrected chi connectivity index (χ3v) is 3.73. The predicted octanol–water partition coefficient (Wildman–Crippen LogP) is 2.53. The molecular formula is C19H39ClO7. The molecule has 8 heteroatoms. The summed E-state index contributed by atoms with van der Waals surface area (Å²) in [6.45, 7) is 7.76. The first-order valence-electron chi connectivity index (χ1n) is 9.93. The molecule has 0 aromatic heterocycles. The van der Waals surface area contributed by atoms with Gasteiger partial charge in [0.1, 0.15) is 0 Å². The first-order chi connectivity index (χ1) is 13.4. The van der Waals surface area contributed by atoms with E-state index in [4.69, 9.17) is 44.8 Å². The van der Waals surface area contributed by atoms with Crippen LogP contribution in [0.2, 0.25) is 0 Å². The molecule has 0 heterocycles. The van der Waals surface area contributed by atoms with E-state index in [0.29, 0.717) is 79.3 Å². The second kappa shape index (κ2) is 26.0. The van der Waals surface area contributed by atoms with Crippen LogP contribution in [-0.2, 0) is 33.2 Å². The van der Waals surface area contributed by atoms with Crippen molar-refractivity contribution in [3.8, 4) is 0 Å². The fourth-order valence-electron chi connectivity index (χ4n) is 2.00. The molecule has 0 saturated heterocycles. The molecule has 0 aliphatic carbocycles. The third-order valence-electron chi connectivity index (χ3n) is 3.46. The van der Waals surface area contributed by atoms with Crippen LogP contribution >= 0.6 is 11.6 Å². The first kappa shape index (κ1) is 27.0. The molecule has 0 saturated carbocycles. The van der Waals surface area contributed by atoms with Crippen molar-refractivity contribution in [2.24, 2.45) is 0 Å². The Morgan fingerprint density at radius 3 is 1.11 bits per heavy atom. The van der Waals surface area contributed by atoms with Crippen LogP contribution in [-0.4, -0.2) is 98.9 Å². The van der Waals surface area contributed by atoms with E-state index in [-0.39, 0.29) is 0 Å². The minimum atomic E-state index is 0.556. The predicted molar refractivity (Wildman–Crippen MR) is 106 cm³/mol. The van der Waals surface area contributed by atoms with Crippen LogP contribution < -0.4 is 0 Å². The summed E-state index contributed by atoms with van der Waals surface area (Å²) in [5, 5.41) is 0. The number of alkyl halides is 1. The fraction of sp³-hybridized carbons (Fsp3) is 1.00. The molecule has 0 radical (unpaired) electrons. The van der Waals surface area contributed by atoms with Crippen molar-refractivity contribution >= 4 is 11.6 Å². The van der Waals surface area contributed by atoms with Crippen LogP contribution in [0.5, 0.6) is 0 Å². The highest BCUT2D eigenvalue weighted by Crippen LogP contribution is 2.01. The smallest absolute Gasteiger partial charge is 0.0701 e. The largest absolute Gasteiger partial charge is 0.382 e. The third kappa shape index (κ3) is 26.0. The summed E-state index contributed by atoms with van der Waals surface area (Å²) in [7, 11) is 1.65. The van der Waals surface area contributed by atoms with Gasteiger partial charge < -0.3 is 33.2 Å². The number of methoxy groups -OCH3 is 1. The molecule has 0 N–H and O–H groups in total. The summed E-state index contributed by atoms with van der Waals surface area (Å²) in [4.78, 5) is 0. The molecule has 0 bridgehead atoms. The number of hydrogen-bond donors (Lipinski definition) is 0. The van der Waals surface area contributed by atoms with Crippen molar-refractivity contribution in [3.63, 3.8) is 0 Å². The molecule has 0 aromatic rings. The van der Waals surface area contributed by atoms with Crippen molar-refractivity contribution in [1.29, 1.82) is 0 Å². The molecule has 0 amide bonds. The summed E-state index contributed by atoms with van der Waals surface area (Å²) >= 11 is 5.62. The normalized spacial score (nSPS) is 11.3. The second-order valence-corrected chi connectivity index (χ2v) is 6.15. The van der Waals surface area contributed by atoms with E-state index in [1.165, 1.54) is 12.8 Å². The monoisotopic (exact) mass is 414 g/mol. The molecule has 0 atom stereocenters. The number of rotatable bonds is 24. The van der Waals surface area contributed by atoms with Crippen LogP contribution in [0.25, 0.3) is 0 Å². The molecule has 164 valence electrons. The maximum Gasteiger partial charge on any atom is 0.0701 e. The average molecular weight is 415 g/mol. The van der Waals surface area contributed by atoms with E-state index in [2.05, 4.69) is 0 Å². The van der Waals surface area contributed by atoms with Gasteiger partial charge >= 0.3 is 0 Å². The lowest BCUT2D eigenvalue weighted by atomic mass is 10.2. The van der Waals surface area contributed by atoms with Crippen LogP contribution in [0, 0.1) is 0 Å². The minimum Gasteiger partial charge on any atom is -0.382 e. The zero-order valence-electron chi connectivity index (χ0n) is 17.0. The van der Waals surface area contributed by atoms with Gasteiger partial charge in [-0.15, -0.1) is 11.6 Å². The van der Waals surface area contributed by atoms with Crippen molar-refractivity contribution in [3.05, 3.63) is 0 Å². The molecule has 0 spiro atoms. The molecule has 0 unspecified atom stereocenters. The number of halogens is 1. The van der Waals surface area contributed by atoms with Gasteiger partial charge in [0, 0.05) is 19.6 Å². The van der Waals surface area contributed by atoms with Crippen LogP contribution in [0.1, 0.15) is 25.7 Å². The van der Waals surface area contributed by atoms with Crippen molar-refractivity contribution in [2.75, 3.05) is 98.9 Å². The van der Waals surface area contributed by atoms with Crippen LogP contribution in [0.4, 0.5) is 0 Å². The summed E-state index contributed by atoms with van der Waals surface area (Å²) < 4.78 is 37.3. The lowest BCUT2D eigenvalue weighted by Gasteiger charge is -2.08. The van der Waals surface area contributed by atoms with Gasteiger partial charge in [-0.05, 0) is 12.8 Å². The Kier molecular flexibility index (Phi) is 26.0. The summed E-state index contributed by atoms with van der Waals surface area (Å²) in [6, 6.07) is 0. The van der Waals surface area contributed by atoms with Crippen molar-refractivity contribution in [2.45, 2.75) is 25.7 Å². The van der Waals surface area contributed by atoms with E-state index in [0.717, 1.165) is 25.3 Å². The van der Waals surface area contributed by atoms with Gasteiger partial charge in [0.2, 0.25) is 0 Å². The molecule has 0 fully saturated rings. The van der Waals surface area contributed by atoms with E-state index in [1.807, 2.05) is 0 Å². The lowest BCUT2D eigenvalue weighted by Crippen LogP contribution is -2.14. The van der Waals surface area contributed by atoms with E-state index < -0.39 is 0 Å².